The number of aliphatic imine (C=N–C) groups is 1. The first-order valence-electron chi connectivity index (χ1n) is 8.81. The van der Waals surface area contributed by atoms with Crippen molar-refractivity contribution in [2.45, 2.75) is 13.5 Å². The Kier molecular flexibility index (Phi) is 5.87. The third kappa shape index (κ3) is 4.36. The fourth-order valence-corrected chi connectivity index (χ4v) is 3.06. The molecule has 2 N–H and O–H groups in total. The lowest BCUT2D eigenvalue weighted by Crippen LogP contribution is -2.46. The van der Waals surface area contributed by atoms with Crippen LogP contribution in [0.4, 0.5) is 5.82 Å². The van der Waals surface area contributed by atoms with Gasteiger partial charge in [-0.05, 0) is 18.2 Å². The molecule has 0 bridgehead atoms. The molecule has 24 heavy (non-hydrogen) atoms. The van der Waals surface area contributed by atoms with E-state index in [1.807, 2.05) is 6.20 Å². The van der Waals surface area contributed by atoms with Crippen molar-refractivity contribution in [3.63, 3.8) is 0 Å². The van der Waals surface area contributed by atoms with Crippen molar-refractivity contribution in [2.24, 2.45) is 10.7 Å². The summed E-state index contributed by atoms with van der Waals surface area (Å²) in [6.45, 7) is 11.3. The van der Waals surface area contributed by atoms with Gasteiger partial charge in [0.2, 0.25) is 0 Å². The van der Waals surface area contributed by atoms with Gasteiger partial charge in [-0.2, -0.15) is 0 Å². The van der Waals surface area contributed by atoms with E-state index >= 15 is 0 Å². The number of aromatic nitrogens is 1. The van der Waals surface area contributed by atoms with Gasteiger partial charge in [0.1, 0.15) is 5.82 Å². The molecule has 0 aliphatic carbocycles. The SMILES string of the molecule is CCN1CCN(c2ccc(CN=C(N)N3CCOCC3)cn2)CC1. The van der Waals surface area contributed by atoms with E-state index in [9.17, 15) is 0 Å². The van der Waals surface area contributed by atoms with Gasteiger partial charge in [-0.15, -0.1) is 0 Å². The number of piperazine rings is 1. The first-order chi connectivity index (χ1) is 11.8. The fourth-order valence-electron chi connectivity index (χ4n) is 3.06. The zero-order chi connectivity index (χ0) is 16.8. The molecule has 0 saturated carbocycles. The smallest absolute Gasteiger partial charge is 0.191 e. The molecule has 3 rings (SSSR count). The summed E-state index contributed by atoms with van der Waals surface area (Å²) in [7, 11) is 0. The van der Waals surface area contributed by atoms with E-state index < -0.39 is 0 Å². The van der Waals surface area contributed by atoms with Gasteiger partial charge in [-0.1, -0.05) is 13.0 Å². The number of pyridine rings is 1. The van der Waals surface area contributed by atoms with E-state index in [1.54, 1.807) is 0 Å². The molecule has 0 spiro atoms. The second kappa shape index (κ2) is 8.30. The molecule has 132 valence electrons. The maximum atomic E-state index is 6.06. The maximum Gasteiger partial charge on any atom is 0.191 e. The van der Waals surface area contributed by atoms with Crippen LogP contribution < -0.4 is 10.6 Å². The summed E-state index contributed by atoms with van der Waals surface area (Å²) < 4.78 is 5.33. The first kappa shape index (κ1) is 17.0. The number of anilines is 1. The molecule has 2 saturated heterocycles. The zero-order valence-electron chi connectivity index (χ0n) is 14.5. The lowest BCUT2D eigenvalue weighted by atomic mass is 10.2. The molecule has 0 aromatic carbocycles. The molecule has 7 heteroatoms. The molecule has 1 aromatic heterocycles. The van der Waals surface area contributed by atoms with E-state index in [1.165, 1.54) is 0 Å². The number of hydrogen-bond acceptors (Lipinski definition) is 5. The number of hydrogen-bond donors (Lipinski definition) is 1. The van der Waals surface area contributed by atoms with Crippen molar-refractivity contribution in [1.82, 2.24) is 14.8 Å². The second-order valence-corrected chi connectivity index (χ2v) is 6.22. The number of likely N-dealkylation sites (N-methyl/N-ethyl adjacent to an activating group) is 1. The average molecular weight is 332 g/mol. The summed E-state index contributed by atoms with van der Waals surface area (Å²) in [5.41, 5.74) is 7.14. The summed E-state index contributed by atoms with van der Waals surface area (Å²) in [5.74, 6) is 1.65. The highest BCUT2D eigenvalue weighted by molar-refractivity contribution is 5.78. The van der Waals surface area contributed by atoms with Crippen molar-refractivity contribution in [3.8, 4) is 0 Å². The lowest BCUT2D eigenvalue weighted by molar-refractivity contribution is 0.0674. The zero-order valence-corrected chi connectivity index (χ0v) is 14.5. The topological polar surface area (TPSA) is 70.2 Å². The van der Waals surface area contributed by atoms with Gasteiger partial charge in [0.15, 0.2) is 5.96 Å². The van der Waals surface area contributed by atoms with Crippen LogP contribution in [-0.4, -0.2) is 79.8 Å². The van der Waals surface area contributed by atoms with Gasteiger partial charge in [0.25, 0.3) is 0 Å². The number of rotatable bonds is 4. The van der Waals surface area contributed by atoms with E-state index in [-0.39, 0.29) is 0 Å². The van der Waals surface area contributed by atoms with E-state index in [0.717, 1.165) is 70.4 Å². The minimum atomic E-state index is 0.570. The third-order valence-electron chi connectivity index (χ3n) is 4.71. The highest BCUT2D eigenvalue weighted by atomic mass is 16.5. The monoisotopic (exact) mass is 332 g/mol. The molecule has 1 aromatic rings. The molecular weight excluding hydrogens is 304 g/mol. The van der Waals surface area contributed by atoms with Crippen LogP contribution in [0.1, 0.15) is 12.5 Å². The van der Waals surface area contributed by atoms with Crippen molar-refractivity contribution >= 4 is 11.8 Å². The van der Waals surface area contributed by atoms with Crippen LogP contribution in [0.5, 0.6) is 0 Å². The van der Waals surface area contributed by atoms with Gasteiger partial charge in [0, 0.05) is 45.5 Å². The van der Waals surface area contributed by atoms with Gasteiger partial charge < -0.3 is 25.2 Å². The highest BCUT2D eigenvalue weighted by Gasteiger charge is 2.16. The van der Waals surface area contributed by atoms with Crippen LogP contribution in [0, 0.1) is 0 Å². The number of nitrogens with zero attached hydrogens (tertiary/aromatic N) is 5. The average Bonchev–Trinajstić information content (AvgIpc) is 2.67. The summed E-state index contributed by atoms with van der Waals surface area (Å²) >= 11 is 0. The predicted molar refractivity (Wildman–Crippen MR) is 96.3 cm³/mol. The van der Waals surface area contributed by atoms with Crippen LogP contribution >= 0.6 is 0 Å². The molecule has 0 unspecified atom stereocenters. The molecule has 2 fully saturated rings. The van der Waals surface area contributed by atoms with Gasteiger partial charge in [0.05, 0.1) is 19.8 Å². The molecule has 0 atom stereocenters. The maximum absolute atomic E-state index is 6.06. The molecule has 0 radical (unpaired) electrons. The Hall–Kier alpha value is -1.86. The normalized spacial score (nSPS) is 20.5. The van der Waals surface area contributed by atoms with Crippen molar-refractivity contribution in [1.29, 1.82) is 0 Å². The van der Waals surface area contributed by atoms with Gasteiger partial charge in [-0.3, -0.25) is 0 Å². The van der Waals surface area contributed by atoms with Gasteiger partial charge in [-0.25, -0.2) is 9.98 Å². The Balaban J connectivity index is 1.53. The third-order valence-corrected chi connectivity index (χ3v) is 4.71. The quantitative estimate of drug-likeness (QED) is 0.635. The summed E-state index contributed by atoms with van der Waals surface area (Å²) in [4.78, 5) is 16.0. The fraction of sp³-hybridized carbons (Fsp3) is 0.647. The van der Waals surface area contributed by atoms with E-state index in [2.05, 4.69) is 43.7 Å². The van der Waals surface area contributed by atoms with Crippen LogP contribution in [0.15, 0.2) is 23.3 Å². The minimum Gasteiger partial charge on any atom is -0.378 e. The molecule has 2 aliphatic rings. The largest absolute Gasteiger partial charge is 0.378 e. The summed E-state index contributed by atoms with van der Waals surface area (Å²) in [5, 5.41) is 0. The Morgan fingerprint density at radius 3 is 2.54 bits per heavy atom. The second-order valence-electron chi connectivity index (χ2n) is 6.22. The lowest BCUT2D eigenvalue weighted by Gasteiger charge is -2.34. The molecule has 0 amide bonds. The van der Waals surface area contributed by atoms with Crippen LogP contribution in [-0.2, 0) is 11.3 Å². The van der Waals surface area contributed by atoms with Crippen LogP contribution in [0.25, 0.3) is 0 Å². The number of morpholine rings is 1. The summed E-state index contributed by atoms with van der Waals surface area (Å²) in [6.07, 6.45) is 1.91. The number of ether oxygens (including phenoxy) is 1. The van der Waals surface area contributed by atoms with Gasteiger partial charge >= 0.3 is 0 Å². The molecule has 7 nitrogen and oxygen atoms in total. The standard InChI is InChI=1S/C17H28N6O/c1-2-21-5-7-22(8-6-21)16-4-3-15(13-19-16)14-20-17(18)23-9-11-24-12-10-23/h3-4,13H,2,5-12,14H2,1H3,(H2,18,20). The Bertz CT molecular complexity index is 533. The number of guanidine groups is 1. The van der Waals surface area contributed by atoms with Crippen LogP contribution in [0.3, 0.4) is 0 Å². The van der Waals surface area contributed by atoms with Crippen molar-refractivity contribution in [3.05, 3.63) is 23.9 Å². The first-order valence-corrected chi connectivity index (χ1v) is 8.81. The molecular formula is C17H28N6O. The highest BCUT2D eigenvalue weighted by Crippen LogP contribution is 2.14. The molecule has 2 aliphatic heterocycles. The molecule has 3 heterocycles. The van der Waals surface area contributed by atoms with Crippen molar-refractivity contribution in [2.75, 3.05) is 63.9 Å². The Morgan fingerprint density at radius 2 is 1.92 bits per heavy atom. The van der Waals surface area contributed by atoms with E-state index in [4.69, 9.17) is 10.5 Å². The minimum absolute atomic E-state index is 0.570. The van der Waals surface area contributed by atoms with Crippen LogP contribution in [0.2, 0.25) is 0 Å². The Labute approximate surface area is 144 Å². The van der Waals surface area contributed by atoms with Crippen molar-refractivity contribution < 1.29 is 4.74 Å². The van der Waals surface area contributed by atoms with E-state index in [0.29, 0.717) is 12.5 Å². The number of nitrogens with two attached hydrogens (primary N) is 1. The predicted octanol–water partition coefficient (Wildman–Crippen LogP) is 0.370. The Morgan fingerprint density at radius 1 is 1.17 bits per heavy atom. The summed E-state index contributed by atoms with van der Waals surface area (Å²) in [6, 6.07) is 4.20.